The molecule has 0 radical (unpaired) electrons. The van der Waals surface area contributed by atoms with E-state index < -0.39 is 29.5 Å². The molecule has 0 fully saturated rings. The Bertz CT molecular complexity index is 874. The molecule has 2 N–H and O–H groups in total. The van der Waals surface area contributed by atoms with Gasteiger partial charge in [-0.05, 0) is 30.7 Å². The van der Waals surface area contributed by atoms with E-state index in [1.54, 1.807) is 19.1 Å². The number of ether oxygens (including phenoxy) is 1. The Balaban J connectivity index is 2.32. The Labute approximate surface area is 147 Å². The van der Waals surface area contributed by atoms with Crippen LogP contribution in [0.5, 0.6) is 5.88 Å². The molecule has 130 valence electrons. The van der Waals surface area contributed by atoms with E-state index in [0.717, 1.165) is 6.07 Å². The summed E-state index contributed by atoms with van der Waals surface area (Å²) < 4.78 is 19.3. The molecule has 8 heteroatoms. The average Bonchev–Trinajstić information content (AvgIpc) is 2.81. The lowest BCUT2D eigenvalue weighted by Crippen LogP contribution is -2.38. The topological polar surface area (TPSA) is 88.5 Å². The van der Waals surface area contributed by atoms with E-state index in [9.17, 15) is 19.1 Å². The lowest BCUT2D eigenvalue weighted by atomic mass is 9.73. The molecule has 2 aromatic rings. The highest BCUT2D eigenvalue weighted by Gasteiger charge is 2.52. The first-order chi connectivity index (χ1) is 11.9. The Hall–Kier alpha value is -2.67. The number of carboxylic acids is 1. The number of pyridine rings is 1. The van der Waals surface area contributed by atoms with Crippen molar-refractivity contribution < 1.29 is 23.8 Å². The van der Waals surface area contributed by atoms with E-state index >= 15 is 0 Å². The fourth-order valence-corrected chi connectivity index (χ4v) is 3.25. The van der Waals surface area contributed by atoms with Crippen molar-refractivity contribution in [1.29, 1.82) is 0 Å². The van der Waals surface area contributed by atoms with Crippen LogP contribution in [0.3, 0.4) is 0 Å². The van der Waals surface area contributed by atoms with Gasteiger partial charge in [-0.2, -0.15) is 0 Å². The molecule has 1 aliphatic rings. The van der Waals surface area contributed by atoms with Gasteiger partial charge >= 0.3 is 5.97 Å². The molecule has 6 nitrogen and oxygen atoms in total. The van der Waals surface area contributed by atoms with Gasteiger partial charge in [0, 0.05) is 17.4 Å². The van der Waals surface area contributed by atoms with Crippen molar-refractivity contribution in [3.8, 4) is 5.88 Å². The van der Waals surface area contributed by atoms with Crippen molar-refractivity contribution in [3.05, 3.63) is 52.4 Å². The van der Waals surface area contributed by atoms with Gasteiger partial charge in [-0.3, -0.25) is 9.59 Å². The van der Waals surface area contributed by atoms with Crippen LogP contribution < -0.4 is 10.1 Å². The molecule has 1 aromatic heterocycles. The normalized spacial score (nSPS) is 18.6. The van der Waals surface area contributed by atoms with Crippen molar-refractivity contribution in [1.82, 2.24) is 4.98 Å². The van der Waals surface area contributed by atoms with Crippen LogP contribution in [-0.2, 0) is 15.0 Å². The molecule has 1 atom stereocenters. The van der Waals surface area contributed by atoms with Gasteiger partial charge in [0.15, 0.2) is 0 Å². The monoisotopic (exact) mass is 364 g/mol. The number of benzene rings is 1. The number of carboxylic acid groups (broad SMARTS) is 1. The quantitative estimate of drug-likeness (QED) is 0.851. The Morgan fingerprint density at radius 1 is 1.44 bits per heavy atom. The second-order valence-corrected chi connectivity index (χ2v) is 5.94. The lowest BCUT2D eigenvalue weighted by Gasteiger charge is -2.27. The fraction of sp³-hybridized carbons (Fsp3) is 0.235. The number of carbonyl (C=O) groups excluding carboxylic acids is 1. The molecule has 1 amide bonds. The zero-order valence-electron chi connectivity index (χ0n) is 13.2. The van der Waals surface area contributed by atoms with Crippen molar-refractivity contribution in [2.24, 2.45) is 0 Å². The van der Waals surface area contributed by atoms with Crippen LogP contribution in [0.15, 0.2) is 30.5 Å². The molecule has 0 bridgehead atoms. The summed E-state index contributed by atoms with van der Waals surface area (Å²) >= 11 is 5.88. The maximum absolute atomic E-state index is 13.8. The van der Waals surface area contributed by atoms with E-state index in [1.807, 2.05) is 0 Å². The molecule has 1 aromatic carbocycles. The molecule has 1 aliphatic heterocycles. The summed E-state index contributed by atoms with van der Waals surface area (Å²) in [6.07, 6.45) is 0.925. The maximum Gasteiger partial charge on any atom is 0.305 e. The second kappa shape index (κ2) is 6.33. The first-order valence-corrected chi connectivity index (χ1v) is 7.89. The number of nitrogens with one attached hydrogen (secondary N) is 1. The van der Waals surface area contributed by atoms with Gasteiger partial charge in [-0.1, -0.05) is 17.7 Å². The van der Waals surface area contributed by atoms with Gasteiger partial charge < -0.3 is 15.2 Å². The number of fused-ring (bicyclic) bond motifs is 1. The number of carbonyl (C=O) groups is 2. The molecule has 0 saturated carbocycles. The summed E-state index contributed by atoms with van der Waals surface area (Å²) in [4.78, 5) is 28.5. The lowest BCUT2D eigenvalue weighted by molar-refractivity contribution is -0.140. The van der Waals surface area contributed by atoms with E-state index in [2.05, 4.69) is 10.3 Å². The van der Waals surface area contributed by atoms with Gasteiger partial charge in [0.05, 0.1) is 18.1 Å². The molecule has 0 aliphatic carbocycles. The van der Waals surface area contributed by atoms with Crippen LogP contribution >= 0.6 is 11.6 Å². The first-order valence-electron chi connectivity index (χ1n) is 7.51. The number of hydrogen-bond donors (Lipinski definition) is 2. The smallest absolute Gasteiger partial charge is 0.305 e. The Morgan fingerprint density at radius 3 is 2.88 bits per heavy atom. The van der Waals surface area contributed by atoms with Crippen molar-refractivity contribution in [3.63, 3.8) is 0 Å². The first kappa shape index (κ1) is 17.2. The number of anilines is 1. The third kappa shape index (κ3) is 2.70. The third-order valence-electron chi connectivity index (χ3n) is 4.08. The Morgan fingerprint density at radius 2 is 2.20 bits per heavy atom. The SMILES string of the molecule is CCOc1ncccc1C1(CC(=O)O)C(=O)Nc2cc(F)c(Cl)cc21. The summed E-state index contributed by atoms with van der Waals surface area (Å²) in [5.41, 5.74) is -0.866. The zero-order valence-corrected chi connectivity index (χ0v) is 13.9. The van der Waals surface area contributed by atoms with Gasteiger partial charge in [-0.15, -0.1) is 0 Å². The van der Waals surface area contributed by atoms with Gasteiger partial charge in [0.2, 0.25) is 11.8 Å². The maximum atomic E-state index is 13.8. The Kier molecular flexibility index (Phi) is 4.34. The van der Waals surface area contributed by atoms with Crippen molar-refractivity contribution in [2.45, 2.75) is 18.8 Å². The highest BCUT2D eigenvalue weighted by Crippen LogP contribution is 2.48. The number of nitrogens with zero attached hydrogens (tertiary/aromatic N) is 1. The number of rotatable bonds is 5. The van der Waals surface area contributed by atoms with Crippen LogP contribution in [0.1, 0.15) is 24.5 Å². The fourth-order valence-electron chi connectivity index (χ4n) is 3.09. The molecule has 25 heavy (non-hydrogen) atoms. The number of halogens is 2. The van der Waals surface area contributed by atoms with E-state index in [1.165, 1.54) is 12.3 Å². The molecule has 3 rings (SSSR count). The van der Waals surface area contributed by atoms with Gasteiger partial charge in [-0.25, -0.2) is 9.37 Å². The van der Waals surface area contributed by atoms with Crippen LogP contribution in [0.4, 0.5) is 10.1 Å². The number of aliphatic carboxylic acids is 1. The molecule has 0 saturated heterocycles. The standard InChI is InChI=1S/C17H14ClFN2O4/c1-2-25-15-9(4-3-5-20-15)17(8-14(22)23)10-6-11(18)12(19)7-13(10)21-16(17)24/h3-7H,2,8H2,1H3,(H,21,24)(H,22,23). The highest BCUT2D eigenvalue weighted by molar-refractivity contribution is 6.31. The summed E-state index contributed by atoms with van der Waals surface area (Å²) in [6.45, 7) is 2.03. The van der Waals surface area contributed by atoms with Gasteiger partial charge in [0.25, 0.3) is 0 Å². The largest absolute Gasteiger partial charge is 0.481 e. The van der Waals surface area contributed by atoms with Crippen LogP contribution in [0.2, 0.25) is 5.02 Å². The number of aromatic nitrogens is 1. The van der Waals surface area contributed by atoms with Crippen LogP contribution in [0, 0.1) is 5.82 Å². The van der Waals surface area contributed by atoms with E-state index in [4.69, 9.17) is 16.3 Å². The molecule has 0 spiro atoms. The summed E-state index contributed by atoms with van der Waals surface area (Å²) in [5.74, 6) is -2.35. The zero-order chi connectivity index (χ0) is 18.2. The third-order valence-corrected chi connectivity index (χ3v) is 4.37. The van der Waals surface area contributed by atoms with E-state index in [-0.39, 0.29) is 34.3 Å². The average molecular weight is 365 g/mol. The van der Waals surface area contributed by atoms with E-state index in [0.29, 0.717) is 0 Å². The molecular formula is C17H14ClFN2O4. The van der Waals surface area contributed by atoms with Crippen LogP contribution in [-0.4, -0.2) is 28.6 Å². The number of amides is 1. The second-order valence-electron chi connectivity index (χ2n) is 5.53. The van der Waals surface area contributed by atoms with Crippen LogP contribution in [0.25, 0.3) is 0 Å². The summed E-state index contributed by atoms with van der Waals surface area (Å²) in [5, 5.41) is 11.8. The number of hydrogen-bond acceptors (Lipinski definition) is 4. The molecular weight excluding hydrogens is 351 g/mol. The minimum absolute atomic E-state index is 0.148. The minimum Gasteiger partial charge on any atom is -0.481 e. The molecule has 2 heterocycles. The molecule has 1 unspecified atom stereocenters. The highest BCUT2D eigenvalue weighted by atomic mass is 35.5. The predicted octanol–water partition coefficient (Wildman–Crippen LogP) is 2.99. The van der Waals surface area contributed by atoms with Crippen molar-refractivity contribution in [2.75, 3.05) is 11.9 Å². The summed E-state index contributed by atoms with van der Waals surface area (Å²) in [6, 6.07) is 5.51. The van der Waals surface area contributed by atoms with Gasteiger partial charge in [0.1, 0.15) is 11.2 Å². The summed E-state index contributed by atoms with van der Waals surface area (Å²) in [7, 11) is 0. The van der Waals surface area contributed by atoms with Crippen molar-refractivity contribution >= 4 is 29.2 Å². The minimum atomic E-state index is -1.61. The predicted molar refractivity (Wildman–Crippen MR) is 88.5 cm³/mol.